The van der Waals surface area contributed by atoms with Crippen LogP contribution in [0.2, 0.25) is 10.0 Å². The second-order valence-corrected chi connectivity index (χ2v) is 7.69. The van der Waals surface area contributed by atoms with Crippen LogP contribution in [-0.2, 0) is 0 Å². The van der Waals surface area contributed by atoms with Gasteiger partial charge < -0.3 is 4.98 Å². The molecule has 0 amide bonds. The van der Waals surface area contributed by atoms with E-state index in [-0.39, 0.29) is 5.56 Å². The molecule has 0 aliphatic heterocycles. The lowest BCUT2D eigenvalue weighted by Gasteiger charge is -2.04. The number of halogens is 2. The van der Waals surface area contributed by atoms with Crippen molar-refractivity contribution in [1.82, 2.24) is 9.97 Å². The molecule has 1 aromatic carbocycles. The van der Waals surface area contributed by atoms with Crippen LogP contribution >= 0.6 is 46.3 Å². The highest BCUT2D eigenvalue weighted by Gasteiger charge is 2.17. The first-order valence-corrected chi connectivity index (χ1v) is 9.12. The van der Waals surface area contributed by atoms with Crippen LogP contribution in [-0.4, -0.2) is 15.7 Å². The minimum Gasteiger partial charge on any atom is -0.301 e. The summed E-state index contributed by atoms with van der Waals surface area (Å²) < 4.78 is 0. The van der Waals surface area contributed by atoms with Gasteiger partial charge in [-0.1, -0.05) is 47.0 Å². The molecule has 7 heteroatoms. The van der Waals surface area contributed by atoms with Crippen molar-refractivity contribution in [2.45, 2.75) is 12.1 Å². The van der Waals surface area contributed by atoms with Gasteiger partial charge in [0.05, 0.1) is 21.2 Å². The van der Waals surface area contributed by atoms with Gasteiger partial charge in [-0.3, -0.25) is 4.79 Å². The average molecular weight is 381 g/mol. The number of nitrogens with one attached hydrogen (secondary N) is 1. The number of hydrogen-bond donors (Lipinski definition) is 1. The highest BCUT2D eigenvalue weighted by Crippen LogP contribution is 2.38. The van der Waals surface area contributed by atoms with Gasteiger partial charge in [-0.25, -0.2) is 4.98 Å². The maximum Gasteiger partial charge on any atom is 0.260 e. The molecule has 2 aromatic heterocycles. The lowest BCUT2D eigenvalue weighted by Crippen LogP contribution is -2.08. The first-order chi connectivity index (χ1) is 11.0. The number of benzene rings is 1. The Hall–Kier alpha value is -1.45. The second-order valence-electron chi connectivity index (χ2n) is 4.71. The Bertz CT molecular complexity index is 1000. The molecule has 0 aliphatic rings. The van der Waals surface area contributed by atoms with Gasteiger partial charge in [0, 0.05) is 10.4 Å². The van der Waals surface area contributed by atoms with Crippen molar-refractivity contribution in [2.75, 3.05) is 5.75 Å². The van der Waals surface area contributed by atoms with E-state index in [0.29, 0.717) is 31.2 Å². The summed E-state index contributed by atoms with van der Waals surface area (Å²) in [6.45, 7) is 1.96. The molecule has 3 aromatic rings. The zero-order valence-corrected chi connectivity index (χ0v) is 15.1. The zero-order chi connectivity index (χ0) is 16.6. The Morgan fingerprint density at radius 3 is 2.87 bits per heavy atom. The molecule has 3 nitrogen and oxygen atoms in total. The quantitative estimate of drug-likeness (QED) is 0.395. The topological polar surface area (TPSA) is 45.8 Å². The van der Waals surface area contributed by atoms with Crippen molar-refractivity contribution in [3.05, 3.63) is 43.5 Å². The van der Waals surface area contributed by atoms with Crippen molar-refractivity contribution in [3.63, 3.8) is 0 Å². The van der Waals surface area contributed by atoms with Gasteiger partial charge in [-0.15, -0.1) is 17.8 Å². The predicted octanol–water partition coefficient (Wildman–Crippen LogP) is 4.99. The summed E-state index contributed by atoms with van der Waals surface area (Å²) in [7, 11) is 0. The van der Waals surface area contributed by atoms with E-state index in [9.17, 15) is 4.79 Å². The fourth-order valence-electron chi connectivity index (χ4n) is 2.28. The first-order valence-electron chi connectivity index (χ1n) is 6.56. The summed E-state index contributed by atoms with van der Waals surface area (Å²) in [5.41, 5.74) is 1.50. The van der Waals surface area contributed by atoms with Crippen LogP contribution in [0, 0.1) is 19.3 Å². The third-order valence-electron chi connectivity index (χ3n) is 3.22. The molecule has 0 aliphatic carbocycles. The van der Waals surface area contributed by atoms with E-state index in [0.717, 1.165) is 16.0 Å². The Labute approximate surface area is 151 Å². The molecule has 0 saturated carbocycles. The van der Waals surface area contributed by atoms with E-state index >= 15 is 0 Å². The number of H-pyrrole nitrogens is 1. The molecule has 0 saturated heterocycles. The van der Waals surface area contributed by atoms with Gasteiger partial charge in [0.15, 0.2) is 5.16 Å². The number of hydrogen-bond acceptors (Lipinski definition) is 4. The minimum absolute atomic E-state index is 0.181. The molecular weight excluding hydrogens is 371 g/mol. The number of terminal acetylenes is 1. The normalized spacial score (nSPS) is 10.9. The molecule has 0 unspecified atom stereocenters. The number of rotatable bonds is 3. The monoisotopic (exact) mass is 380 g/mol. The van der Waals surface area contributed by atoms with Crippen LogP contribution in [0.25, 0.3) is 21.3 Å². The smallest absolute Gasteiger partial charge is 0.260 e. The van der Waals surface area contributed by atoms with Crippen molar-refractivity contribution in [3.8, 4) is 23.5 Å². The van der Waals surface area contributed by atoms with Crippen LogP contribution in [0.1, 0.15) is 4.88 Å². The Balaban J connectivity index is 2.22. The maximum atomic E-state index is 12.5. The lowest BCUT2D eigenvalue weighted by atomic mass is 10.0. The van der Waals surface area contributed by atoms with Gasteiger partial charge in [0.1, 0.15) is 4.83 Å². The second kappa shape index (κ2) is 6.58. The van der Waals surface area contributed by atoms with Crippen molar-refractivity contribution >= 4 is 56.5 Å². The largest absolute Gasteiger partial charge is 0.301 e. The predicted molar refractivity (Wildman–Crippen MR) is 100.0 cm³/mol. The number of aromatic amines is 1. The van der Waals surface area contributed by atoms with Gasteiger partial charge >= 0.3 is 0 Å². The summed E-state index contributed by atoms with van der Waals surface area (Å²) in [4.78, 5) is 21.5. The molecule has 0 bridgehead atoms. The maximum absolute atomic E-state index is 12.5. The summed E-state index contributed by atoms with van der Waals surface area (Å²) in [5, 5.41) is 2.03. The van der Waals surface area contributed by atoms with E-state index in [1.807, 2.05) is 13.0 Å². The number of thiophene rings is 1. The third-order valence-corrected chi connectivity index (χ3v) is 5.73. The summed E-state index contributed by atoms with van der Waals surface area (Å²) in [6, 6.07) is 5.34. The SMILES string of the molecule is C#CCSc1nc2sc(C)c(-c3ccc(Cl)c(Cl)c3)c2c(=O)[nH]1. The number of fused-ring (bicyclic) bond motifs is 1. The number of nitrogens with zero attached hydrogens (tertiary/aromatic N) is 1. The summed E-state index contributed by atoms with van der Waals surface area (Å²) in [6.07, 6.45) is 5.25. The molecule has 0 fully saturated rings. The Kier molecular flexibility index (Phi) is 4.69. The van der Waals surface area contributed by atoms with E-state index in [1.165, 1.54) is 23.1 Å². The van der Waals surface area contributed by atoms with Crippen LogP contribution in [0.15, 0.2) is 28.2 Å². The van der Waals surface area contributed by atoms with E-state index in [4.69, 9.17) is 29.6 Å². The first kappa shape index (κ1) is 16.4. The van der Waals surface area contributed by atoms with Gasteiger partial charge in [-0.2, -0.15) is 0 Å². The van der Waals surface area contributed by atoms with Gasteiger partial charge in [-0.05, 0) is 24.6 Å². The Morgan fingerprint density at radius 2 is 2.17 bits per heavy atom. The van der Waals surface area contributed by atoms with Crippen molar-refractivity contribution < 1.29 is 0 Å². The molecule has 116 valence electrons. The highest BCUT2D eigenvalue weighted by molar-refractivity contribution is 7.99. The molecule has 1 N–H and O–H groups in total. The molecule has 0 radical (unpaired) electrons. The van der Waals surface area contributed by atoms with Crippen LogP contribution < -0.4 is 5.56 Å². The number of aryl methyl sites for hydroxylation is 1. The highest BCUT2D eigenvalue weighted by atomic mass is 35.5. The fraction of sp³-hybridized carbons (Fsp3) is 0.125. The van der Waals surface area contributed by atoms with E-state index in [1.54, 1.807) is 12.1 Å². The van der Waals surface area contributed by atoms with Gasteiger partial charge in [0.2, 0.25) is 0 Å². The van der Waals surface area contributed by atoms with E-state index < -0.39 is 0 Å². The number of aromatic nitrogens is 2. The summed E-state index contributed by atoms with van der Waals surface area (Å²) in [5.74, 6) is 2.97. The zero-order valence-electron chi connectivity index (χ0n) is 11.9. The molecule has 0 atom stereocenters. The standard InChI is InChI=1S/C16H10Cl2N2OS2/c1-3-6-22-16-19-14(21)13-12(8(2)23-15(13)20-16)9-4-5-10(17)11(18)7-9/h1,4-5,7H,6H2,2H3,(H,19,20,21). The van der Waals surface area contributed by atoms with Crippen LogP contribution in [0.4, 0.5) is 0 Å². The summed E-state index contributed by atoms with van der Waals surface area (Å²) >= 11 is 14.9. The Morgan fingerprint density at radius 1 is 1.39 bits per heavy atom. The van der Waals surface area contributed by atoms with E-state index in [2.05, 4.69) is 15.9 Å². The average Bonchev–Trinajstić information content (AvgIpc) is 2.84. The lowest BCUT2D eigenvalue weighted by molar-refractivity contribution is 0.983. The molecule has 0 spiro atoms. The molecule has 23 heavy (non-hydrogen) atoms. The minimum atomic E-state index is -0.181. The fourth-order valence-corrected chi connectivity index (χ4v) is 4.22. The molecule has 3 rings (SSSR count). The molecule has 2 heterocycles. The molecular formula is C16H10Cl2N2OS2. The number of thioether (sulfide) groups is 1. The van der Waals surface area contributed by atoms with Crippen LogP contribution in [0.3, 0.4) is 0 Å². The third kappa shape index (κ3) is 3.13. The van der Waals surface area contributed by atoms with Crippen molar-refractivity contribution in [1.29, 1.82) is 0 Å². The van der Waals surface area contributed by atoms with Crippen LogP contribution in [0.5, 0.6) is 0 Å². The van der Waals surface area contributed by atoms with Crippen molar-refractivity contribution in [2.24, 2.45) is 0 Å². The van der Waals surface area contributed by atoms with Gasteiger partial charge in [0.25, 0.3) is 5.56 Å².